The molecule has 3 heteroatoms. The monoisotopic (exact) mass is 543 g/mol. The van der Waals surface area contributed by atoms with Gasteiger partial charge in [-0.05, 0) is 36.9 Å². The normalized spacial score (nSPS) is 9.68. The summed E-state index contributed by atoms with van der Waals surface area (Å²) in [6, 6.07) is 28.2. The van der Waals surface area contributed by atoms with Gasteiger partial charge in [0, 0.05) is 32.5 Å². The summed E-state index contributed by atoms with van der Waals surface area (Å²) >= 11 is 0. The second-order valence-electron chi connectivity index (χ2n) is 6.42. The molecule has 0 saturated carbocycles. The fraction of sp³-hybridized carbons (Fsp3) is 0.120. The average molecular weight is 543 g/mol. The maximum absolute atomic E-state index is 4.42. The van der Waals surface area contributed by atoms with Crippen molar-refractivity contribution in [3.05, 3.63) is 108 Å². The molecule has 0 amide bonds. The van der Waals surface area contributed by atoms with Crippen LogP contribution in [0.4, 0.5) is 0 Å². The van der Waals surface area contributed by atoms with E-state index in [4.69, 9.17) is 0 Å². The van der Waals surface area contributed by atoms with Crippen molar-refractivity contribution < 1.29 is 20.1 Å². The molecule has 0 spiro atoms. The minimum absolute atomic E-state index is 0. The van der Waals surface area contributed by atoms with Gasteiger partial charge in [-0.15, -0.1) is 71.3 Å². The molecule has 0 bridgehead atoms. The van der Waals surface area contributed by atoms with Gasteiger partial charge in [-0.25, -0.2) is 0 Å². The van der Waals surface area contributed by atoms with Crippen LogP contribution in [-0.2, 0) is 20.1 Å². The van der Waals surface area contributed by atoms with Crippen molar-refractivity contribution in [2.45, 2.75) is 20.8 Å². The van der Waals surface area contributed by atoms with Crippen LogP contribution in [0.1, 0.15) is 16.7 Å². The van der Waals surface area contributed by atoms with Crippen LogP contribution in [0.25, 0.3) is 22.5 Å². The van der Waals surface area contributed by atoms with Crippen LogP contribution in [0.3, 0.4) is 0 Å². The van der Waals surface area contributed by atoms with Crippen LogP contribution < -0.4 is 0 Å². The third-order valence-corrected chi connectivity index (χ3v) is 4.26. The van der Waals surface area contributed by atoms with Crippen molar-refractivity contribution in [3.63, 3.8) is 0 Å². The molecule has 0 saturated heterocycles. The fourth-order valence-corrected chi connectivity index (χ4v) is 2.57. The van der Waals surface area contributed by atoms with E-state index >= 15 is 0 Å². The average Bonchev–Trinajstić information content (AvgIpc) is 2.72. The van der Waals surface area contributed by atoms with Gasteiger partial charge in [0.1, 0.15) is 0 Å². The first-order chi connectivity index (χ1) is 13.1. The van der Waals surface area contributed by atoms with E-state index in [0.717, 1.165) is 22.5 Å². The molecule has 2 aromatic heterocycles. The molecule has 1 radical (unpaired) electrons. The standard InChI is InChI=1S/C14H14N.C11H8N.Ir/c1-10-5-4-6-13(7-10)14-8-11(2)12(3)9-15-14;1-2-6-10(7-3-1)11-8-4-5-9-12-11;/h4-5,7-9H,1-3H3;1-6,8-9H;/q2*-1;. The number of benzene rings is 2. The van der Waals surface area contributed by atoms with E-state index in [2.05, 4.69) is 55.0 Å². The molecule has 28 heavy (non-hydrogen) atoms. The second-order valence-corrected chi connectivity index (χ2v) is 6.42. The van der Waals surface area contributed by atoms with E-state index in [1.54, 1.807) is 6.20 Å². The van der Waals surface area contributed by atoms with Crippen molar-refractivity contribution in [1.82, 2.24) is 9.97 Å². The van der Waals surface area contributed by atoms with Gasteiger partial charge in [-0.2, -0.15) is 0 Å². The molecule has 0 aliphatic rings. The Labute approximate surface area is 181 Å². The Balaban J connectivity index is 0.000000198. The van der Waals surface area contributed by atoms with E-state index < -0.39 is 0 Å². The summed E-state index contributed by atoms with van der Waals surface area (Å²) in [5.41, 5.74) is 7.82. The summed E-state index contributed by atoms with van der Waals surface area (Å²) in [6.07, 6.45) is 3.71. The predicted octanol–water partition coefficient (Wildman–Crippen LogP) is 6.02. The Morgan fingerprint density at radius 2 is 1.46 bits per heavy atom. The van der Waals surface area contributed by atoms with E-state index in [0.29, 0.717) is 0 Å². The molecule has 0 N–H and O–H groups in total. The molecule has 4 aromatic rings. The summed E-state index contributed by atoms with van der Waals surface area (Å²) in [5.74, 6) is 0. The number of rotatable bonds is 2. The summed E-state index contributed by atoms with van der Waals surface area (Å²) in [4.78, 5) is 8.64. The molecule has 0 fully saturated rings. The zero-order chi connectivity index (χ0) is 19.1. The second kappa shape index (κ2) is 10.7. The molecule has 4 rings (SSSR count). The Bertz CT molecular complexity index is 962. The summed E-state index contributed by atoms with van der Waals surface area (Å²) < 4.78 is 0. The van der Waals surface area contributed by atoms with Crippen LogP contribution in [0.2, 0.25) is 0 Å². The van der Waals surface area contributed by atoms with Crippen LogP contribution in [0, 0.1) is 32.9 Å². The molecule has 2 nitrogen and oxygen atoms in total. The first kappa shape index (κ1) is 21.7. The van der Waals surface area contributed by atoms with Gasteiger partial charge in [-0.1, -0.05) is 30.7 Å². The minimum atomic E-state index is 0. The van der Waals surface area contributed by atoms with Crippen molar-refractivity contribution in [1.29, 1.82) is 0 Å². The van der Waals surface area contributed by atoms with E-state index in [1.165, 1.54) is 16.7 Å². The zero-order valence-corrected chi connectivity index (χ0v) is 18.6. The van der Waals surface area contributed by atoms with Gasteiger partial charge in [0.15, 0.2) is 0 Å². The fourth-order valence-electron chi connectivity index (χ4n) is 2.57. The molecule has 2 aromatic carbocycles. The molecular formula is C25H22IrN2-2. The quantitative estimate of drug-likeness (QED) is 0.290. The van der Waals surface area contributed by atoms with Gasteiger partial charge in [0.25, 0.3) is 0 Å². The molecule has 0 aliphatic heterocycles. The van der Waals surface area contributed by atoms with Gasteiger partial charge in [0.05, 0.1) is 0 Å². The number of aromatic nitrogens is 2. The van der Waals surface area contributed by atoms with Gasteiger partial charge >= 0.3 is 0 Å². The number of nitrogens with zero attached hydrogens (tertiary/aromatic N) is 2. The first-order valence-electron chi connectivity index (χ1n) is 8.93. The molecule has 143 valence electrons. The van der Waals surface area contributed by atoms with Crippen LogP contribution in [0.15, 0.2) is 79.1 Å². The van der Waals surface area contributed by atoms with Crippen LogP contribution in [0.5, 0.6) is 0 Å². The van der Waals surface area contributed by atoms with Gasteiger partial charge in [0.2, 0.25) is 0 Å². The number of aryl methyl sites for hydroxylation is 3. The summed E-state index contributed by atoms with van der Waals surface area (Å²) in [5, 5.41) is 0. The van der Waals surface area contributed by atoms with Crippen molar-refractivity contribution in [2.24, 2.45) is 0 Å². The van der Waals surface area contributed by atoms with E-state index in [-0.39, 0.29) is 20.1 Å². The summed E-state index contributed by atoms with van der Waals surface area (Å²) in [7, 11) is 0. The summed E-state index contributed by atoms with van der Waals surface area (Å²) in [6.45, 7) is 6.26. The maximum Gasteiger partial charge on any atom is 0.0192 e. The largest absolute Gasteiger partial charge is 0.305 e. The first-order valence-corrected chi connectivity index (χ1v) is 8.93. The SMILES string of the molecule is Cc1cc[c-]c(-c2cc(C)c(C)cn2)c1.[Ir].[c-]1ccccc1-c1ccccn1. The van der Waals surface area contributed by atoms with Crippen molar-refractivity contribution in [3.8, 4) is 22.5 Å². The van der Waals surface area contributed by atoms with E-state index in [9.17, 15) is 0 Å². The Morgan fingerprint density at radius 1 is 0.679 bits per heavy atom. The topological polar surface area (TPSA) is 25.8 Å². The smallest absolute Gasteiger partial charge is 0.0192 e. The number of hydrogen-bond acceptors (Lipinski definition) is 2. The third kappa shape index (κ3) is 5.95. The van der Waals surface area contributed by atoms with Crippen molar-refractivity contribution >= 4 is 0 Å². The third-order valence-electron chi connectivity index (χ3n) is 4.26. The Kier molecular flexibility index (Phi) is 8.25. The minimum Gasteiger partial charge on any atom is -0.305 e. The van der Waals surface area contributed by atoms with Gasteiger partial charge < -0.3 is 9.97 Å². The number of hydrogen-bond donors (Lipinski definition) is 0. The zero-order valence-electron chi connectivity index (χ0n) is 16.2. The molecule has 0 aliphatic carbocycles. The maximum atomic E-state index is 4.42. The predicted molar refractivity (Wildman–Crippen MR) is 111 cm³/mol. The van der Waals surface area contributed by atoms with Gasteiger partial charge in [-0.3, -0.25) is 0 Å². The molecule has 0 unspecified atom stereocenters. The van der Waals surface area contributed by atoms with Crippen LogP contribution >= 0.6 is 0 Å². The van der Waals surface area contributed by atoms with Crippen molar-refractivity contribution in [2.75, 3.05) is 0 Å². The molecule has 2 heterocycles. The van der Waals surface area contributed by atoms with E-state index in [1.807, 2.05) is 60.8 Å². The van der Waals surface area contributed by atoms with Crippen LogP contribution in [-0.4, -0.2) is 9.97 Å². The Morgan fingerprint density at radius 3 is 2.11 bits per heavy atom. The molecular weight excluding hydrogens is 521 g/mol. The molecule has 0 atom stereocenters. The Hall–Kier alpha value is -2.61. The number of pyridine rings is 2.